The van der Waals surface area contributed by atoms with Crippen LogP contribution in [0.2, 0.25) is 0 Å². The molecule has 1 atom stereocenters. The molecule has 0 aliphatic heterocycles. The number of hydrogen-bond donors (Lipinski definition) is 2. The van der Waals surface area contributed by atoms with Crippen molar-refractivity contribution in [1.82, 2.24) is 5.32 Å². The van der Waals surface area contributed by atoms with Crippen LogP contribution in [0.3, 0.4) is 0 Å². The number of rotatable bonds is 5. The molecule has 110 valence electrons. The van der Waals surface area contributed by atoms with Crippen LogP contribution in [0.15, 0.2) is 48.5 Å². The molecule has 2 aromatic carbocycles. The molecular weight excluding hydrogens is 260 g/mol. The Morgan fingerprint density at radius 3 is 2.52 bits per heavy atom. The SMILES string of the molecule is CNc1ccc(C)cc1C(=O)NC(C)Cc1ccccc1. The summed E-state index contributed by atoms with van der Waals surface area (Å²) in [6.07, 6.45) is 0.827. The van der Waals surface area contributed by atoms with Gasteiger partial charge in [-0.1, -0.05) is 42.0 Å². The summed E-state index contributed by atoms with van der Waals surface area (Å²) < 4.78 is 0. The van der Waals surface area contributed by atoms with Crippen LogP contribution >= 0.6 is 0 Å². The van der Waals surface area contributed by atoms with Crippen molar-refractivity contribution < 1.29 is 4.79 Å². The first-order chi connectivity index (χ1) is 10.1. The van der Waals surface area contributed by atoms with Crippen molar-refractivity contribution in [2.45, 2.75) is 26.3 Å². The van der Waals surface area contributed by atoms with Gasteiger partial charge >= 0.3 is 0 Å². The summed E-state index contributed by atoms with van der Waals surface area (Å²) in [6.45, 7) is 4.02. The Kier molecular flexibility index (Phi) is 4.99. The molecule has 2 N–H and O–H groups in total. The van der Waals surface area contributed by atoms with Gasteiger partial charge in [0.2, 0.25) is 0 Å². The molecule has 1 amide bonds. The summed E-state index contributed by atoms with van der Waals surface area (Å²) in [5.41, 5.74) is 3.85. The van der Waals surface area contributed by atoms with Crippen LogP contribution in [-0.2, 0) is 6.42 Å². The minimum absolute atomic E-state index is 0.0357. The van der Waals surface area contributed by atoms with Gasteiger partial charge in [-0.25, -0.2) is 0 Å². The minimum atomic E-state index is -0.0357. The highest BCUT2D eigenvalue weighted by atomic mass is 16.1. The maximum absolute atomic E-state index is 12.4. The Balaban J connectivity index is 2.06. The molecule has 0 aromatic heterocycles. The number of benzene rings is 2. The van der Waals surface area contributed by atoms with E-state index in [1.807, 2.05) is 57.3 Å². The van der Waals surface area contributed by atoms with E-state index < -0.39 is 0 Å². The molecule has 0 aliphatic rings. The molecule has 21 heavy (non-hydrogen) atoms. The van der Waals surface area contributed by atoms with Crippen LogP contribution in [-0.4, -0.2) is 19.0 Å². The van der Waals surface area contributed by atoms with Crippen molar-refractivity contribution in [2.24, 2.45) is 0 Å². The number of anilines is 1. The number of carbonyl (C=O) groups excluding carboxylic acids is 1. The van der Waals surface area contributed by atoms with Crippen LogP contribution < -0.4 is 10.6 Å². The van der Waals surface area contributed by atoms with Crippen LogP contribution in [0.4, 0.5) is 5.69 Å². The lowest BCUT2D eigenvalue weighted by molar-refractivity contribution is 0.0941. The third kappa shape index (κ3) is 4.09. The lowest BCUT2D eigenvalue weighted by atomic mass is 10.1. The maximum Gasteiger partial charge on any atom is 0.253 e. The Morgan fingerprint density at radius 1 is 1.14 bits per heavy atom. The highest BCUT2D eigenvalue weighted by molar-refractivity contribution is 5.99. The molecule has 0 spiro atoms. The zero-order valence-electron chi connectivity index (χ0n) is 12.8. The summed E-state index contributed by atoms with van der Waals surface area (Å²) in [6, 6.07) is 16.1. The molecule has 0 heterocycles. The monoisotopic (exact) mass is 282 g/mol. The number of hydrogen-bond acceptors (Lipinski definition) is 2. The summed E-state index contributed by atoms with van der Waals surface area (Å²) in [7, 11) is 1.83. The van der Waals surface area contributed by atoms with E-state index in [9.17, 15) is 4.79 Å². The molecule has 0 saturated heterocycles. The molecule has 0 bridgehead atoms. The second-order valence-corrected chi connectivity index (χ2v) is 5.36. The highest BCUT2D eigenvalue weighted by Crippen LogP contribution is 2.17. The zero-order chi connectivity index (χ0) is 15.2. The van der Waals surface area contributed by atoms with Gasteiger partial charge in [0.05, 0.1) is 5.56 Å². The van der Waals surface area contributed by atoms with E-state index in [1.54, 1.807) is 0 Å². The van der Waals surface area contributed by atoms with E-state index in [0.29, 0.717) is 5.56 Å². The molecule has 3 nitrogen and oxygen atoms in total. The van der Waals surface area contributed by atoms with E-state index in [2.05, 4.69) is 22.8 Å². The third-order valence-electron chi connectivity index (χ3n) is 3.45. The molecule has 0 fully saturated rings. The van der Waals surface area contributed by atoms with Crippen molar-refractivity contribution in [3.8, 4) is 0 Å². The normalized spacial score (nSPS) is 11.8. The van der Waals surface area contributed by atoms with Crippen LogP contribution in [0.5, 0.6) is 0 Å². The number of carbonyl (C=O) groups is 1. The van der Waals surface area contributed by atoms with E-state index >= 15 is 0 Å². The first-order valence-electron chi connectivity index (χ1n) is 7.23. The predicted molar refractivity (Wildman–Crippen MR) is 87.8 cm³/mol. The highest BCUT2D eigenvalue weighted by Gasteiger charge is 2.13. The van der Waals surface area contributed by atoms with Gasteiger partial charge < -0.3 is 10.6 Å². The summed E-state index contributed by atoms with van der Waals surface area (Å²) >= 11 is 0. The Bertz CT molecular complexity index is 608. The standard InChI is InChI=1S/C18H22N2O/c1-13-9-10-17(19-3)16(11-13)18(21)20-14(2)12-15-7-5-4-6-8-15/h4-11,14,19H,12H2,1-3H3,(H,20,21). The first kappa shape index (κ1) is 15.1. The maximum atomic E-state index is 12.4. The lowest BCUT2D eigenvalue weighted by Gasteiger charge is -2.16. The van der Waals surface area contributed by atoms with Crippen molar-refractivity contribution in [3.05, 3.63) is 65.2 Å². The van der Waals surface area contributed by atoms with Gasteiger partial charge in [-0.3, -0.25) is 4.79 Å². The molecule has 1 unspecified atom stereocenters. The molecule has 2 rings (SSSR count). The summed E-state index contributed by atoms with van der Waals surface area (Å²) in [4.78, 5) is 12.4. The number of aryl methyl sites for hydroxylation is 1. The van der Waals surface area contributed by atoms with E-state index in [-0.39, 0.29) is 11.9 Å². The predicted octanol–water partition coefficient (Wildman–Crippen LogP) is 3.40. The number of amides is 1. The fraction of sp³-hybridized carbons (Fsp3) is 0.278. The average Bonchev–Trinajstić information content (AvgIpc) is 2.48. The van der Waals surface area contributed by atoms with Gasteiger partial charge in [0.25, 0.3) is 5.91 Å². The average molecular weight is 282 g/mol. The van der Waals surface area contributed by atoms with Crippen LogP contribution in [0, 0.1) is 6.92 Å². The van der Waals surface area contributed by atoms with Crippen molar-refractivity contribution in [1.29, 1.82) is 0 Å². The molecule has 3 heteroatoms. The number of nitrogens with one attached hydrogen (secondary N) is 2. The molecule has 0 aliphatic carbocycles. The molecular formula is C18H22N2O. The topological polar surface area (TPSA) is 41.1 Å². The first-order valence-corrected chi connectivity index (χ1v) is 7.23. The molecule has 0 radical (unpaired) electrons. The van der Waals surface area contributed by atoms with Crippen LogP contribution in [0.25, 0.3) is 0 Å². The molecule has 0 saturated carbocycles. The Labute approximate surface area is 126 Å². The fourth-order valence-electron chi connectivity index (χ4n) is 2.38. The van der Waals surface area contributed by atoms with E-state index in [0.717, 1.165) is 17.7 Å². The molecule has 2 aromatic rings. The lowest BCUT2D eigenvalue weighted by Crippen LogP contribution is -2.34. The summed E-state index contributed by atoms with van der Waals surface area (Å²) in [5.74, 6) is -0.0357. The second kappa shape index (κ2) is 6.93. The van der Waals surface area contributed by atoms with Crippen molar-refractivity contribution >= 4 is 11.6 Å². The van der Waals surface area contributed by atoms with Crippen LogP contribution in [0.1, 0.15) is 28.4 Å². The smallest absolute Gasteiger partial charge is 0.253 e. The minimum Gasteiger partial charge on any atom is -0.387 e. The van der Waals surface area contributed by atoms with Gasteiger partial charge in [-0.2, -0.15) is 0 Å². The Hall–Kier alpha value is -2.29. The summed E-state index contributed by atoms with van der Waals surface area (Å²) in [5, 5.41) is 6.13. The second-order valence-electron chi connectivity index (χ2n) is 5.36. The van der Waals surface area contributed by atoms with E-state index in [4.69, 9.17) is 0 Å². The van der Waals surface area contributed by atoms with Gasteiger partial charge in [-0.15, -0.1) is 0 Å². The quantitative estimate of drug-likeness (QED) is 0.882. The van der Waals surface area contributed by atoms with Gasteiger partial charge in [0.15, 0.2) is 0 Å². The van der Waals surface area contributed by atoms with Crippen molar-refractivity contribution in [3.63, 3.8) is 0 Å². The van der Waals surface area contributed by atoms with E-state index in [1.165, 1.54) is 5.56 Å². The van der Waals surface area contributed by atoms with Gasteiger partial charge in [0.1, 0.15) is 0 Å². The Morgan fingerprint density at radius 2 is 1.86 bits per heavy atom. The van der Waals surface area contributed by atoms with Gasteiger partial charge in [-0.05, 0) is 38.0 Å². The van der Waals surface area contributed by atoms with Gasteiger partial charge in [0, 0.05) is 18.8 Å². The fourth-order valence-corrected chi connectivity index (χ4v) is 2.38. The third-order valence-corrected chi connectivity index (χ3v) is 3.45. The zero-order valence-corrected chi connectivity index (χ0v) is 12.8. The largest absolute Gasteiger partial charge is 0.387 e. The van der Waals surface area contributed by atoms with Crippen molar-refractivity contribution in [2.75, 3.05) is 12.4 Å².